The number of hydrogen-bond acceptors (Lipinski definition) is 2. The predicted octanol–water partition coefficient (Wildman–Crippen LogP) is 2.61. The number of hydrogen-bond donors (Lipinski definition) is 0. The van der Waals surface area contributed by atoms with Gasteiger partial charge >= 0.3 is 0 Å². The maximum absolute atomic E-state index is 11.8. The summed E-state index contributed by atoms with van der Waals surface area (Å²) < 4.78 is 0. The van der Waals surface area contributed by atoms with E-state index in [1.54, 1.807) is 0 Å². The largest absolute Gasteiger partial charge is 0.291 e. The Morgan fingerprint density at radius 2 is 1.36 bits per heavy atom. The first-order chi connectivity index (χ1) is 6.04. The van der Waals surface area contributed by atoms with E-state index in [1.807, 2.05) is 13.8 Å². The molecular formula is C12H20O2. The molecule has 0 heterocycles. The van der Waals surface area contributed by atoms with Crippen LogP contribution in [0.2, 0.25) is 0 Å². The highest BCUT2D eigenvalue weighted by molar-refractivity contribution is 6.40. The molecule has 0 unspecified atom stereocenters. The van der Waals surface area contributed by atoms with Crippen molar-refractivity contribution >= 4 is 11.6 Å². The Hall–Kier alpha value is -0.660. The van der Waals surface area contributed by atoms with Crippen LogP contribution in [0, 0.1) is 16.2 Å². The van der Waals surface area contributed by atoms with Crippen molar-refractivity contribution in [3.63, 3.8) is 0 Å². The minimum absolute atomic E-state index is 0.110. The van der Waals surface area contributed by atoms with E-state index in [0.717, 1.165) is 0 Å². The smallest absolute Gasteiger partial charge is 0.204 e. The van der Waals surface area contributed by atoms with Gasteiger partial charge < -0.3 is 0 Å². The van der Waals surface area contributed by atoms with Gasteiger partial charge in [-0.1, -0.05) is 41.5 Å². The molecule has 1 saturated carbocycles. The SMILES string of the molecule is CC1(C)CC(=O)C(=O)C(C)(C)C1(C)C. The van der Waals surface area contributed by atoms with Crippen LogP contribution < -0.4 is 0 Å². The van der Waals surface area contributed by atoms with Gasteiger partial charge in [0.1, 0.15) is 0 Å². The summed E-state index contributed by atoms with van der Waals surface area (Å²) in [6.45, 7) is 12.1. The highest BCUT2D eigenvalue weighted by Crippen LogP contribution is 2.56. The first-order valence-corrected chi connectivity index (χ1v) is 5.12. The molecule has 1 aliphatic carbocycles. The third-order valence-corrected chi connectivity index (χ3v) is 4.68. The lowest BCUT2D eigenvalue weighted by Crippen LogP contribution is -2.56. The quantitative estimate of drug-likeness (QED) is 0.558. The third-order valence-electron chi connectivity index (χ3n) is 4.68. The molecule has 0 atom stereocenters. The molecule has 0 bridgehead atoms. The fraction of sp³-hybridized carbons (Fsp3) is 0.833. The van der Waals surface area contributed by atoms with Crippen molar-refractivity contribution < 1.29 is 9.59 Å². The highest BCUT2D eigenvalue weighted by Gasteiger charge is 2.57. The molecular weight excluding hydrogens is 176 g/mol. The molecule has 1 rings (SSSR count). The van der Waals surface area contributed by atoms with Crippen molar-refractivity contribution in [2.45, 2.75) is 48.0 Å². The summed E-state index contributed by atoms with van der Waals surface area (Å²) in [5.74, 6) is -0.416. The number of ketones is 2. The van der Waals surface area contributed by atoms with Crippen molar-refractivity contribution in [1.82, 2.24) is 0 Å². The van der Waals surface area contributed by atoms with Gasteiger partial charge in [-0.05, 0) is 10.8 Å². The molecule has 0 aromatic heterocycles. The van der Waals surface area contributed by atoms with Crippen LogP contribution in [0.4, 0.5) is 0 Å². The molecule has 0 aliphatic heterocycles. The summed E-state index contributed by atoms with van der Waals surface area (Å²) in [5.41, 5.74) is -0.807. The van der Waals surface area contributed by atoms with Crippen LogP contribution in [-0.2, 0) is 9.59 Å². The van der Waals surface area contributed by atoms with E-state index in [2.05, 4.69) is 27.7 Å². The van der Waals surface area contributed by atoms with Gasteiger partial charge in [0.05, 0.1) is 0 Å². The van der Waals surface area contributed by atoms with Crippen molar-refractivity contribution in [2.24, 2.45) is 16.2 Å². The molecule has 1 fully saturated rings. The van der Waals surface area contributed by atoms with Gasteiger partial charge in [-0.15, -0.1) is 0 Å². The molecule has 80 valence electrons. The van der Waals surface area contributed by atoms with E-state index in [0.29, 0.717) is 6.42 Å². The second-order valence-corrected chi connectivity index (χ2v) is 6.06. The Kier molecular flexibility index (Phi) is 2.18. The average Bonchev–Trinajstić information content (AvgIpc) is 1.99. The molecule has 0 aromatic carbocycles. The summed E-state index contributed by atoms with van der Waals surface area (Å²) in [6.07, 6.45) is 0.377. The Morgan fingerprint density at radius 3 is 1.79 bits per heavy atom. The van der Waals surface area contributed by atoms with Crippen molar-refractivity contribution in [3.8, 4) is 0 Å². The lowest BCUT2D eigenvalue weighted by molar-refractivity contribution is -0.160. The normalized spacial score (nSPS) is 29.0. The lowest BCUT2D eigenvalue weighted by atomic mass is 9.48. The van der Waals surface area contributed by atoms with Crippen LogP contribution >= 0.6 is 0 Å². The summed E-state index contributed by atoms with van der Waals surface area (Å²) in [5, 5.41) is 0. The van der Waals surface area contributed by atoms with Gasteiger partial charge in [0, 0.05) is 11.8 Å². The van der Waals surface area contributed by atoms with Crippen molar-refractivity contribution in [3.05, 3.63) is 0 Å². The summed E-state index contributed by atoms with van der Waals surface area (Å²) in [6, 6.07) is 0. The van der Waals surface area contributed by atoms with Gasteiger partial charge in [-0.2, -0.15) is 0 Å². The number of Topliss-reactive ketones (excluding diaryl/α,β-unsaturated/α-hetero) is 2. The van der Waals surface area contributed by atoms with Gasteiger partial charge in [0.15, 0.2) is 5.78 Å². The van der Waals surface area contributed by atoms with E-state index in [1.165, 1.54) is 0 Å². The number of carbonyl (C=O) groups is 2. The standard InChI is InChI=1S/C12H20O2/c1-10(2)7-8(13)9(14)11(3,4)12(10,5)6/h7H2,1-6H3. The number of carbonyl (C=O) groups excluding carboxylic acids is 2. The van der Waals surface area contributed by atoms with Crippen LogP contribution in [0.3, 0.4) is 0 Å². The Morgan fingerprint density at radius 1 is 0.929 bits per heavy atom. The van der Waals surface area contributed by atoms with Crippen molar-refractivity contribution in [2.75, 3.05) is 0 Å². The van der Waals surface area contributed by atoms with E-state index in [4.69, 9.17) is 0 Å². The second kappa shape index (κ2) is 2.68. The molecule has 1 aliphatic rings. The topological polar surface area (TPSA) is 34.1 Å². The maximum atomic E-state index is 11.8. The third kappa shape index (κ3) is 1.16. The van der Waals surface area contributed by atoms with Crippen LogP contribution in [0.1, 0.15) is 48.0 Å². The van der Waals surface area contributed by atoms with Gasteiger partial charge in [0.25, 0.3) is 0 Å². The molecule has 0 amide bonds. The molecule has 0 aromatic rings. The van der Waals surface area contributed by atoms with E-state index in [-0.39, 0.29) is 22.4 Å². The molecule has 2 nitrogen and oxygen atoms in total. The Balaban J connectivity index is 3.29. The van der Waals surface area contributed by atoms with E-state index in [9.17, 15) is 9.59 Å². The zero-order valence-corrected chi connectivity index (χ0v) is 10.0. The molecule has 2 heteroatoms. The average molecular weight is 196 g/mol. The summed E-state index contributed by atoms with van der Waals surface area (Å²) >= 11 is 0. The molecule has 14 heavy (non-hydrogen) atoms. The molecule has 0 spiro atoms. The van der Waals surface area contributed by atoms with E-state index < -0.39 is 5.41 Å². The first-order valence-electron chi connectivity index (χ1n) is 5.12. The minimum Gasteiger partial charge on any atom is -0.291 e. The predicted molar refractivity (Wildman–Crippen MR) is 56.0 cm³/mol. The van der Waals surface area contributed by atoms with Crippen LogP contribution in [0.25, 0.3) is 0 Å². The molecule has 0 radical (unpaired) electrons. The monoisotopic (exact) mass is 196 g/mol. The highest BCUT2D eigenvalue weighted by atomic mass is 16.2. The fourth-order valence-electron chi connectivity index (χ4n) is 2.18. The lowest BCUT2D eigenvalue weighted by Gasteiger charge is -2.54. The summed E-state index contributed by atoms with van der Waals surface area (Å²) in [4.78, 5) is 23.4. The Labute approximate surface area is 86.1 Å². The maximum Gasteiger partial charge on any atom is 0.204 e. The van der Waals surface area contributed by atoms with E-state index >= 15 is 0 Å². The van der Waals surface area contributed by atoms with Gasteiger partial charge in [-0.3, -0.25) is 9.59 Å². The summed E-state index contributed by atoms with van der Waals surface area (Å²) in [7, 11) is 0. The first kappa shape index (κ1) is 11.4. The second-order valence-electron chi connectivity index (χ2n) is 6.06. The van der Waals surface area contributed by atoms with Crippen LogP contribution in [0.15, 0.2) is 0 Å². The molecule has 0 saturated heterocycles. The van der Waals surface area contributed by atoms with Crippen LogP contribution in [0.5, 0.6) is 0 Å². The van der Waals surface area contributed by atoms with Gasteiger partial charge in [-0.25, -0.2) is 0 Å². The van der Waals surface area contributed by atoms with Gasteiger partial charge in [0.2, 0.25) is 5.78 Å². The fourth-order valence-corrected chi connectivity index (χ4v) is 2.18. The number of rotatable bonds is 0. The van der Waals surface area contributed by atoms with Crippen molar-refractivity contribution in [1.29, 1.82) is 0 Å². The minimum atomic E-state index is -0.550. The van der Waals surface area contributed by atoms with Crippen LogP contribution in [-0.4, -0.2) is 11.6 Å². The zero-order valence-electron chi connectivity index (χ0n) is 10.0. The Bertz CT molecular complexity index is 295. The molecule has 0 N–H and O–H groups in total. The zero-order chi connectivity index (χ0) is 11.4.